The summed E-state index contributed by atoms with van der Waals surface area (Å²) in [5, 5.41) is 10.4. The van der Waals surface area contributed by atoms with Crippen molar-refractivity contribution in [1.82, 2.24) is 20.8 Å². The lowest BCUT2D eigenvalue weighted by molar-refractivity contribution is -0.121. The molecule has 0 aromatic carbocycles. The molecule has 138 valence electrons. The van der Waals surface area contributed by atoms with Crippen molar-refractivity contribution >= 4 is 18.3 Å². The summed E-state index contributed by atoms with van der Waals surface area (Å²) in [5.74, 6) is 2.16. The van der Waals surface area contributed by atoms with Crippen LogP contribution in [0.4, 0.5) is 0 Å². The number of amides is 1. The van der Waals surface area contributed by atoms with E-state index < -0.39 is 0 Å². The highest BCUT2D eigenvalue weighted by atomic mass is 35.5. The molecule has 0 aliphatic carbocycles. The van der Waals surface area contributed by atoms with Gasteiger partial charge in [0.25, 0.3) is 0 Å². The summed E-state index contributed by atoms with van der Waals surface area (Å²) in [6, 6.07) is 0. The van der Waals surface area contributed by atoms with Crippen LogP contribution in [0.25, 0.3) is 0 Å². The van der Waals surface area contributed by atoms with Gasteiger partial charge in [0.05, 0.1) is 0 Å². The predicted molar refractivity (Wildman–Crippen MR) is 96.4 cm³/mol. The van der Waals surface area contributed by atoms with E-state index in [4.69, 9.17) is 4.52 Å². The van der Waals surface area contributed by atoms with Gasteiger partial charge in [-0.3, -0.25) is 4.79 Å². The number of halogens is 1. The van der Waals surface area contributed by atoms with E-state index in [0.717, 1.165) is 38.3 Å². The smallest absolute Gasteiger partial charge is 0.226 e. The van der Waals surface area contributed by atoms with Gasteiger partial charge in [-0.1, -0.05) is 25.9 Å². The maximum atomic E-state index is 11.8. The van der Waals surface area contributed by atoms with Crippen molar-refractivity contribution in [3.63, 3.8) is 0 Å². The molecule has 7 heteroatoms. The van der Waals surface area contributed by atoms with Gasteiger partial charge in [-0.25, -0.2) is 0 Å². The van der Waals surface area contributed by atoms with Gasteiger partial charge in [0, 0.05) is 24.8 Å². The molecule has 1 atom stereocenters. The average Bonchev–Trinajstić information content (AvgIpc) is 2.97. The van der Waals surface area contributed by atoms with Crippen molar-refractivity contribution < 1.29 is 9.32 Å². The monoisotopic (exact) mass is 358 g/mol. The molecule has 1 aromatic heterocycles. The Hall–Kier alpha value is -1.14. The first-order chi connectivity index (χ1) is 10.9. The average molecular weight is 359 g/mol. The minimum Gasteiger partial charge on any atom is -0.356 e. The van der Waals surface area contributed by atoms with Gasteiger partial charge >= 0.3 is 0 Å². The maximum absolute atomic E-state index is 11.8. The first-order valence-corrected chi connectivity index (χ1v) is 8.75. The molecule has 1 saturated heterocycles. The second kappa shape index (κ2) is 9.99. The van der Waals surface area contributed by atoms with Crippen LogP contribution in [-0.2, 0) is 16.6 Å². The SMILES string of the molecule is CC(C)(C)c1noc(CCCC(=O)NCCC2CCCNC2)n1.Cl. The third-order valence-electron chi connectivity index (χ3n) is 4.21. The molecule has 2 heterocycles. The van der Waals surface area contributed by atoms with Crippen LogP contribution in [0, 0.1) is 5.92 Å². The van der Waals surface area contributed by atoms with Crippen molar-refractivity contribution in [2.75, 3.05) is 19.6 Å². The van der Waals surface area contributed by atoms with Crippen molar-refractivity contribution in [1.29, 1.82) is 0 Å². The van der Waals surface area contributed by atoms with Crippen LogP contribution < -0.4 is 10.6 Å². The first kappa shape index (κ1) is 20.9. The van der Waals surface area contributed by atoms with E-state index in [0.29, 0.717) is 24.7 Å². The highest BCUT2D eigenvalue weighted by Crippen LogP contribution is 2.19. The van der Waals surface area contributed by atoms with E-state index in [-0.39, 0.29) is 23.7 Å². The zero-order valence-electron chi connectivity index (χ0n) is 15.1. The van der Waals surface area contributed by atoms with Crippen molar-refractivity contribution in [2.45, 2.75) is 64.7 Å². The fourth-order valence-electron chi connectivity index (χ4n) is 2.74. The topological polar surface area (TPSA) is 80.0 Å². The van der Waals surface area contributed by atoms with Gasteiger partial charge in [0.1, 0.15) is 0 Å². The molecule has 0 spiro atoms. The Morgan fingerprint density at radius 3 is 2.83 bits per heavy atom. The summed E-state index contributed by atoms with van der Waals surface area (Å²) in [6.45, 7) is 9.16. The molecule has 0 radical (unpaired) electrons. The second-order valence-electron chi connectivity index (χ2n) is 7.47. The van der Waals surface area contributed by atoms with Crippen molar-refractivity contribution in [3.05, 3.63) is 11.7 Å². The van der Waals surface area contributed by atoms with Crippen LogP contribution in [0.3, 0.4) is 0 Å². The molecule has 0 bridgehead atoms. The van der Waals surface area contributed by atoms with Gasteiger partial charge in [-0.15, -0.1) is 12.4 Å². The fraction of sp³-hybridized carbons (Fsp3) is 0.824. The lowest BCUT2D eigenvalue weighted by Gasteiger charge is -2.22. The van der Waals surface area contributed by atoms with Gasteiger partial charge in [0.15, 0.2) is 5.82 Å². The molecule has 2 N–H and O–H groups in total. The Morgan fingerprint density at radius 1 is 1.42 bits per heavy atom. The Morgan fingerprint density at radius 2 is 2.21 bits per heavy atom. The number of piperidine rings is 1. The van der Waals surface area contributed by atoms with Crippen molar-refractivity contribution in [2.24, 2.45) is 5.92 Å². The van der Waals surface area contributed by atoms with Crippen LogP contribution in [0.5, 0.6) is 0 Å². The summed E-state index contributed by atoms with van der Waals surface area (Å²) in [7, 11) is 0. The molecule has 1 aliphatic heterocycles. The normalized spacial score (nSPS) is 18.0. The number of nitrogens with zero attached hydrogens (tertiary/aromatic N) is 2. The third kappa shape index (κ3) is 7.18. The molecule has 1 aromatic rings. The van der Waals surface area contributed by atoms with E-state index >= 15 is 0 Å². The minimum absolute atomic E-state index is 0. The number of hydrogen-bond donors (Lipinski definition) is 2. The quantitative estimate of drug-likeness (QED) is 0.783. The van der Waals surface area contributed by atoms with Crippen LogP contribution >= 0.6 is 12.4 Å². The van der Waals surface area contributed by atoms with Crippen LogP contribution in [0.1, 0.15) is 64.6 Å². The molecule has 6 nitrogen and oxygen atoms in total. The number of rotatable bonds is 7. The van der Waals surface area contributed by atoms with Gasteiger partial charge in [-0.05, 0) is 44.7 Å². The van der Waals surface area contributed by atoms with Crippen molar-refractivity contribution in [3.8, 4) is 0 Å². The Bertz CT molecular complexity index is 493. The lowest BCUT2D eigenvalue weighted by Crippen LogP contribution is -2.33. The highest BCUT2D eigenvalue weighted by Gasteiger charge is 2.20. The zero-order chi connectivity index (χ0) is 16.7. The third-order valence-corrected chi connectivity index (χ3v) is 4.21. The Labute approximate surface area is 150 Å². The number of aromatic nitrogens is 2. The lowest BCUT2D eigenvalue weighted by atomic mass is 9.96. The first-order valence-electron chi connectivity index (χ1n) is 8.75. The van der Waals surface area contributed by atoms with Crippen LogP contribution in [0.2, 0.25) is 0 Å². The summed E-state index contributed by atoms with van der Waals surface area (Å²) in [4.78, 5) is 16.2. The number of aryl methyl sites for hydroxylation is 1. The van der Waals surface area contributed by atoms with Crippen LogP contribution in [0.15, 0.2) is 4.52 Å². The van der Waals surface area contributed by atoms with E-state index in [9.17, 15) is 4.79 Å². The van der Waals surface area contributed by atoms with E-state index in [1.807, 2.05) is 0 Å². The number of nitrogens with one attached hydrogen (secondary N) is 2. The maximum Gasteiger partial charge on any atom is 0.226 e. The molecular formula is C17H31ClN4O2. The van der Waals surface area contributed by atoms with E-state index in [1.54, 1.807) is 0 Å². The summed E-state index contributed by atoms with van der Waals surface area (Å²) < 4.78 is 5.23. The number of hydrogen-bond acceptors (Lipinski definition) is 5. The van der Waals surface area contributed by atoms with Gasteiger partial charge in [-0.2, -0.15) is 4.98 Å². The Balaban J connectivity index is 0.00000288. The highest BCUT2D eigenvalue weighted by molar-refractivity contribution is 5.85. The number of carbonyl (C=O) groups is 1. The predicted octanol–water partition coefficient (Wildman–Crippen LogP) is 2.62. The second-order valence-corrected chi connectivity index (χ2v) is 7.47. The largest absolute Gasteiger partial charge is 0.356 e. The van der Waals surface area contributed by atoms with E-state index in [1.165, 1.54) is 12.8 Å². The Kier molecular flexibility index (Phi) is 8.70. The van der Waals surface area contributed by atoms with Gasteiger partial charge < -0.3 is 15.2 Å². The number of carbonyl (C=O) groups excluding carboxylic acids is 1. The molecule has 1 fully saturated rings. The minimum atomic E-state index is -0.104. The summed E-state index contributed by atoms with van der Waals surface area (Å²) in [5.41, 5.74) is -0.104. The van der Waals surface area contributed by atoms with E-state index in [2.05, 4.69) is 41.5 Å². The van der Waals surface area contributed by atoms with Gasteiger partial charge in [0.2, 0.25) is 11.8 Å². The molecule has 1 unspecified atom stereocenters. The standard InChI is InChI=1S/C17H30N4O2.ClH/c1-17(2,3)16-20-15(23-21-16)8-4-7-14(22)19-11-9-13-6-5-10-18-12-13;/h13,18H,4-12H2,1-3H3,(H,19,22);1H. The van der Waals surface area contributed by atoms with Crippen LogP contribution in [-0.4, -0.2) is 35.7 Å². The molecule has 24 heavy (non-hydrogen) atoms. The molecule has 1 amide bonds. The molecular weight excluding hydrogens is 328 g/mol. The molecule has 2 rings (SSSR count). The molecule has 1 aliphatic rings. The molecule has 0 saturated carbocycles. The summed E-state index contributed by atoms with van der Waals surface area (Å²) in [6.07, 6.45) is 5.49. The summed E-state index contributed by atoms with van der Waals surface area (Å²) >= 11 is 0. The zero-order valence-corrected chi connectivity index (χ0v) is 15.9. The fourth-order valence-corrected chi connectivity index (χ4v) is 2.74.